The number of thiazole rings is 1. The van der Waals surface area contributed by atoms with E-state index < -0.39 is 0 Å². The molecule has 0 aliphatic heterocycles. The molecule has 0 aliphatic rings. The van der Waals surface area contributed by atoms with Gasteiger partial charge in [0, 0.05) is 11.6 Å². The summed E-state index contributed by atoms with van der Waals surface area (Å²) in [7, 11) is 0. The summed E-state index contributed by atoms with van der Waals surface area (Å²) in [4.78, 5) is 15.2. The Hall–Kier alpha value is -1.72. The van der Waals surface area contributed by atoms with Crippen LogP contribution in [0.25, 0.3) is 21.5 Å². The molecular weight excluding hydrogens is 258 g/mol. The summed E-state index contributed by atoms with van der Waals surface area (Å²) >= 11 is 7.55. The average molecular weight is 264 g/mol. The molecule has 1 aromatic carbocycles. The van der Waals surface area contributed by atoms with Gasteiger partial charge in [0.15, 0.2) is 0 Å². The Labute approximate surface area is 105 Å². The molecule has 2 heterocycles. The van der Waals surface area contributed by atoms with Crippen molar-refractivity contribution in [1.29, 1.82) is 0 Å². The van der Waals surface area contributed by atoms with Gasteiger partial charge in [-0.05, 0) is 18.2 Å². The monoisotopic (exact) mass is 263 g/mol. The highest BCUT2D eigenvalue weighted by molar-refractivity contribution is 7.17. The number of hydrogen-bond donors (Lipinski definition) is 1. The fraction of sp³-hybridized carbons (Fsp3) is 0. The average Bonchev–Trinajstić information content (AvgIpc) is 2.81. The van der Waals surface area contributed by atoms with Crippen molar-refractivity contribution < 1.29 is 0 Å². The topological polar surface area (TPSA) is 58.6 Å². The van der Waals surface area contributed by atoms with Crippen LogP contribution in [0.5, 0.6) is 0 Å². The SMILES string of the molecule is O=c1ccc(-c2ccc(Cl)c3ncsc23)n[nH]1. The van der Waals surface area contributed by atoms with Crippen LogP contribution < -0.4 is 5.56 Å². The molecule has 0 bridgehead atoms. The number of aromatic amines is 1. The van der Waals surface area contributed by atoms with E-state index in [1.807, 2.05) is 6.07 Å². The summed E-state index contributed by atoms with van der Waals surface area (Å²) in [6.07, 6.45) is 0. The third-order valence-electron chi connectivity index (χ3n) is 2.39. The van der Waals surface area contributed by atoms with Crippen LogP contribution >= 0.6 is 22.9 Å². The zero-order valence-corrected chi connectivity index (χ0v) is 10.0. The number of fused-ring (bicyclic) bond motifs is 1. The van der Waals surface area contributed by atoms with Crippen molar-refractivity contribution in [2.75, 3.05) is 0 Å². The Kier molecular flexibility index (Phi) is 2.42. The lowest BCUT2D eigenvalue weighted by molar-refractivity contribution is 0.997. The van der Waals surface area contributed by atoms with Gasteiger partial charge in [-0.3, -0.25) is 4.79 Å². The van der Waals surface area contributed by atoms with Gasteiger partial charge < -0.3 is 0 Å². The summed E-state index contributed by atoms with van der Waals surface area (Å²) in [6, 6.07) is 6.79. The number of nitrogens with zero attached hydrogens (tertiary/aromatic N) is 2. The zero-order chi connectivity index (χ0) is 11.8. The van der Waals surface area contributed by atoms with E-state index in [9.17, 15) is 4.79 Å². The highest BCUT2D eigenvalue weighted by Gasteiger charge is 2.10. The van der Waals surface area contributed by atoms with Crippen LogP contribution in [0.4, 0.5) is 0 Å². The van der Waals surface area contributed by atoms with Crippen molar-refractivity contribution in [1.82, 2.24) is 15.2 Å². The van der Waals surface area contributed by atoms with Crippen LogP contribution in [-0.2, 0) is 0 Å². The second-order valence-electron chi connectivity index (χ2n) is 3.43. The molecule has 0 amide bonds. The summed E-state index contributed by atoms with van der Waals surface area (Å²) < 4.78 is 0.969. The van der Waals surface area contributed by atoms with Gasteiger partial charge in [-0.1, -0.05) is 11.6 Å². The molecule has 0 spiro atoms. The second kappa shape index (κ2) is 3.94. The Bertz CT molecular complexity index is 729. The summed E-state index contributed by atoms with van der Waals surface area (Å²) in [5, 5.41) is 7.04. The van der Waals surface area contributed by atoms with Crippen LogP contribution in [-0.4, -0.2) is 15.2 Å². The maximum absolute atomic E-state index is 11.0. The fourth-order valence-corrected chi connectivity index (χ4v) is 2.71. The largest absolute Gasteiger partial charge is 0.268 e. The molecule has 0 unspecified atom stereocenters. The van der Waals surface area contributed by atoms with Crippen LogP contribution in [0.1, 0.15) is 0 Å². The minimum Gasteiger partial charge on any atom is -0.268 e. The second-order valence-corrected chi connectivity index (χ2v) is 4.69. The number of rotatable bonds is 1. The first-order valence-corrected chi connectivity index (χ1v) is 6.09. The standard InChI is InChI=1S/C11H6ClN3OS/c12-7-2-1-6(11-10(7)13-5-17-11)8-3-4-9(16)15-14-8/h1-5H,(H,15,16). The Morgan fingerprint density at radius 2 is 2.12 bits per heavy atom. The maximum Gasteiger partial charge on any atom is 0.264 e. The Morgan fingerprint density at radius 3 is 2.88 bits per heavy atom. The number of aromatic nitrogens is 3. The molecule has 0 aliphatic carbocycles. The van der Waals surface area contributed by atoms with E-state index in [0.29, 0.717) is 10.7 Å². The molecule has 0 saturated carbocycles. The Balaban J connectivity index is 2.30. The van der Waals surface area contributed by atoms with E-state index in [4.69, 9.17) is 11.6 Å². The quantitative estimate of drug-likeness (QED) is 0.734. The molecule has 0 fully saturated rings. The van der Waals surface area contributed by atoms with Gasteiger partial charge >= 0.3 is 0 Å². The lowest BCUT2D eigenvalue weighted by atomic mass is 10.1. The van der Waals surface area contributed by atoms with Gasteiger partial charge in [-0.25, -0.2) is 10.1 Å². The molecule has 84 valence electrons. The van der Waals surface area contributed by atoms with E-state index >= 15 is 0 Å². The van der Waals surface area contributed by atoms with Crippen LogP contribution in [0.2, 0.25) is 5.02 Å². The van der Waals surface area contributed by atoms with Gasteiger partial charge in [0.2, 0.25) is 0 Å². The number of halogens is 1. The van der Waals surface area contributed by atoms with Crippen LogP contribution in [0.3, 0.4) is 0 Å². The zero-order valence-electron chi connectivity index (χ0n) is 8.48. The normalized spacial score (nSPS) is 10.9. The molecule has 17 heavy (non-hydrogen) atoms. The number of benzene rings is 1. The molecule has 2 aromatic heterocycles. The molecule has 6 heteroatoms. The van der Waals surface area contributed by atoms with Gasteiger partial charge in [0.25, 0.3) is 5.56 Å². The maximum atomic E-state index is 11.0. The molecule has 3 aromatic rings. The smallest absolute Gasteiger partial charge is 0.264 e. The van der Waals surface area contributed by atoms with Gasteiger partial charge in [0.05, 0.1) is 20.9 Å². The number of nitrogens with one attached hydrogen (secondary N) is 1. The van der Waals surface area contributed by atoms with Crippen LogP contribution in [0, 0.1) is 0 Å². The highest BCUT2D eigenvalue weighted by Crippen LogP contribution is 2.33. The van der Waals surface area contributed by atoms with Crippen molar-refractivity contribution in [3.05, 3.63) is 45.2 Å². The van der Waals surface area contributed by atoms with E-state index in [1.165, 1.54) is 17.4 Å². The molecule has 3 rings (SSSR count). The van der Waals surface area contributed by atoms with Crippen LogP contribution in [0.15, 0.2) is 34.6 Å². The highest BCUT2D eigenvalue weighted by atomic mass is 35.5. The minimum atomic E-state index is -0.219. The minimum absolute atomic E-state index is 0.219. The van der Waals surface area contributed by atoms with E-state index in [-0.39, 0.29) is 5.56 Å². The molecule has 0 atom stereocenters. The molecular formula is C11H6ClN3OS. The molecule has 0 radical (unpaired) electrons. The first kappa shape index (κ1) is 10.4. The predicted octanol–water partition coefficient (Wildman–Crippen LogP) is 2.70. The molecule has 1 N–H and O–H groups in total. The van der Waals surface area contributed by atoms with Gasteiger partial charge in [-0.15, -0.1) is 11.3 Å². The summed E-state index contributed by atoms with van der Waals surface area (Å²) in [5.41, 5.74) is 3.91. The van der Waals surface area contributed by atoms with Crippen molar-refractivity contribution >= 4 is 33.2 Å². The first-order valence-electron chi connectivity index (χ1n) is 4.83. The third-order valence-corrected chi connectivity index (χ3v) is 3.55. The molecule has 4 nitrogen and oxygen atoms in total. The van der Waals surface area contributed by atoms with Crippen molar-refractivity contribution in [3.63, 3.8) is 0 Å². The lowest BCUT2D eigenvalue weighted by Crippen LogP contribution is -2.05. The third kappa shape index (κ3) is 1.73. The summed E-state index contributed by atoms with van der Waals surface area (Å²) in [5.74, 6) is 0. The predicted molar refractivity (Wildman–Crippen MR) is 68.5 cm³/mol. The van der Waals surface area contributed by atoms with Crippen molar-refractivity contribution in [2.45, 2.75) is 0 Å². The Morgan fingerprint density at radius 1 is 1.24 bits per heavy atom. The molecule has 0 saturated heterocycles. The summed E-state index contributed by atoms with van der Waals surface area (Å²) in [6.45, 7) is 0. The van der Waals surface area contributed by atoms with Crippen molar-refractivity contribution in [2.24, 2.45) is 0 Å². The van der Waals surface area contributed by atoms with E-state index in [2.05, 4.69) is 15.2 Å². The van der Waals surface area contributed by atoms with E-state index in [1.54, 1.807) is 17.6 Å². The fourth-order valence-electron chi connectivity index (χ4n) is 1.61. The number of H-pyrrole nitrogens is 1. The number of hydrogen-bond acceptors (Lipinski definition) is 4. The lowest BCUT2D eigenvalue weighted by Gasteiger charge is -2.01. The van der Waals surface area contributed by atoms with Gasteiger partial charge in [-0.2, -0.15) is 5.10 Å². The van der Waals surface area contributed by atoms with Gasteiger partial charge in [0.1, 0.15) is 5.52 Å². The van der Waals surface area contributed by atoms with E-state index in [0.717, 1.165) is 15.8 Å². The van der Waals surface area contributed by atoms with Crippen molar-refractivity contribution in [3.8, 4) is 11.3 Å². The first-order chi connectivity index (χ1) is 8.25.